The minimum absolute atomic E-state index is 0.160. The Morgan fingerprint density at radius 1 is 1.08 bits per heavy atom. The van der Waals surface area contributed by atoms with Gasteiger partial charge in [0.25, 0.3) is 0 Å². The van der Waals surface area contributed by atoms with Crippen molar-refractivity contribution in [2.45, 2.75) is 19.3 Å². The van der Waals surface area contributed by atoms with Gasteiger partial charge in [0, 0.05) is 23.7 Å². The number of nitrogens with zero attached hydrogens (tertiary/aromatic N) is 2. The molecule has 1 heterocycles. The summed E-state index contributed by atoms with van der Waals surface area (Å²) >= 11 is 12.1. The van der Waals surface area contributed by atoms with Gasteiger partial charge in [-0.1, -0.05) is 35.3 Å². The molecule has 0 spiro atoms. The van der Waals surface area contributed by atoms with Gasteiger partial charge in [-0.2, -0.15) is 13.2 Å². The molecule has 2 N–H and O–H groups in total. The highest BCUT2D eigenvalue weighted by Gasteiger charge is 2.30. The summed E-state index contributed by atoms with van der Waals surface area (Å²) in [5.74, 6) is 0. The second-order valence-corrected chi connectivity index (χ2v) is 6.54. The molecule has 1 aromatic heterocycles. The van der Waals surface area contributed by atoms with Crippen molar-refractivity contribution in [1.82, 2.24) is 9.55 Å². The van der Waals surface area contributed by atoms with E-state index in [1.165, 1.54) is 6.07 Å². The predicted octanol–water partition coefficient (Wildman–Crippen LogP) is 5.38. The Morgan fingerprint density at radius 2 is 1.85 bits per heavy atom. The van der Waals surface area contributed by atoms with Crippen LogP contribution in [0.2, 0.25) is 10.0 Å². The average molecular weight is 400 g/mol. The van der Waals surface area contributed by atoms with Crippen LogP contribution in [0.5, 0.6) is 0 Å². The third kappa shape index (κ3) is 3.87. The van der Waals surface area contributed by atoms with E-state index >= 15 is 0 Å². The number of benzene rings is 2. The average Bonchev–Trinajstić information content (AvgIpc) is 2.96. The van der Waals surface area contributed by atoms with Crippen LogP contribution in [0.25, 0.3) is 11.3 Å². The molecule has 3 aromatic rings. The summed E-state index contributed by atoms with van der Waals surface area (Å²) in [5.41, 5.74) is 7.59. The SMILES string of the molecule is NCc1c(-c2ccc(Cl)cc2Cl)ncn1Cc1cccc(C(F)(F)F)c1. The van der Waals surface area contributed by atoms with E-state index in [1.807, 2.05) is 0 Å². The molecule has 8 heteroatoms. The molecule has 3 nitrogen and oxygen atoms in total. The number of hydrogen-bond donors (Lipinski definition) is 1. The van der Waals surface area contributed by atoms with Gasteiger partial charge in [0.2, 0.25) is 0 Å². The molecule has 0 aliphatic heterocycles. The standard InChI is InChI=1S/C18H14Cl2F3N3/c19-13-4-5-14(15(20)7-13)17-16(8-24)26(10-25-17)9-11-2-1-3-12(6-11)18(21,22)23/h1-7,10H,8-9,24H2. The van der Waals surface area contributed by atoms with E-state index in [2.05, 4.69) is 4.98 Å². The molecule has 0 bridgehead atoms. The normalized spacial score (nSPS) is 11.8. The molecule has 0 atom stereocenters. The Hall–Kier alpha value is -2.02. The van der Waals surface area contributed by atoms with Crippen LogP contribution in [0.1, 0.15) is 16.8 Å². The zero-order valence-electron chi connectivity index (χ0n) is 13.4. The van der Waals surface area contributed by atoms with Crippen molar-refractivity contribution >= 4 is 23.2 Å². The number of aromatic nitrogens is 2. The molecular formula is C18H14Cl2F3N3. The number of rotatable bonds is 4. The second kappa shape index (κ2) is 7.31. The molecule has 3 rings (SSSR count). The Bertz CT molecular complexity index is 936. The molecule has 2 aromatic carbocycles. The van der Waals surface area contributed by atoms with Gasteiger partial charge < -0.3 is 10.3 Å². The first kappa shape index (κ1) is 18.8. The van der Waals surface area contributed by atoms with Gasteiger partial charge in [-0.3, -0.25) is 0 Å². The molecule has 136 valence electrons. The van der Waals surface area contributed by atoms with Crippen LogP contribution in [0, 0.1) is 0 Å². The summed E-state index contributed by atoms with van der Waals surface area (Å²) in [6, 6.07) is 10.2. The van der Waals surface area contributed by atoms with Crippen LogP contribution < -0.4 is 5.73 Å². The molecule has 0 saturated carbocycles. The maximum absolute atomic E-state index is 12.9. The highest BCUT2D eigenvalue weighted by molar-refractivity contribution is 6.36. The molecule has 0 radical (unpaired) electrons. The predicted molar refractivity (Wildman–Crippen MR) is 96.1 cm³/mol. The van der Waals surface area contributed by atoms with Crippen molar-refractivity contribution in [3.05, 3.63) is 75.7 Å². The molecule has 0 unspecified atom stereocenters. The quantitative estimate of drug-likeness (QED) is 0.639. The van der Waals surface area contributed by atoms with Crippen molar-refractivity contribution in [2.24, 2.45) is 5.73 Å². The summed E-state index contributed by atoms with van der Waals surface area (Å²) in [4.78, 5) is 4.35. The van der Waals surface area contributed by atoms with Crippen LogP contribution in [0.15, 0.2) is 48.8 Å². The minimum atomic E-state index is -4.39. The van der Waals surface area contributed by atoms with E-state index in [0.29, 0.717) is 32.6 Å². The monoisotopic (exact) mass is 399 g/mol. The Morgan fingerprint density at radius 3 is 2.50 bits per heavy atom. The van der Waals surface area contributed by atoms with E-state index < -0.39 is 11.7 Å². The van der Waals surface area contributed by atoms with Gasteiger partial charge in [0.05, 0.1) is 28.3 Å². The highest BCUT2D eigenvalue weighted by Crippen LogP contribution is 2.32. The lowest BCUT2D eigenvalue weighted by molar-refractivity contribution is -0.137. The van der Waals surface area contributed by atoms with Gasteiger partial charge >= 0.3 is 6.18 Å². The Kier molecular flexibility index (Phi) is 5.27. The van der Waals surface area contributed by atoms with Crippen LogP contribution in [0.3, 0.4) is 0 Å². The second-order valence-electron chi connectivity index (χ2n) is 5.69. The molecule has 0 saturated heterocycles. The Labute approximate surface area is 158 Å². The van der Waals surface area contributed by atoms with E-state index in [0.717, 1.165) is 12.1 Å². The molecule has 0 fully saturated rings. The lowest BCUT2D eigenvalue weighted by atomic mass is 10.1. The molecular weight excluding hydrogens is 386 g/mol. The number of alkyl halides is 3. The summed E-state index contributed by atoms with van der Waals surface area (Å²) in [7, 11) is 0. The maximum Gasteiger partial charge on any atom is 0.416 e. The van der Waals surface area contributed by atoms with Gasteiger partial charge in [0.1, 0.15) is 0 Å². The lowest BCUT2D eigenvalue weighted by Gasteiger charge is -2.12. The lowest BCUT2D eigenvalue weighted by Crippen LogP contribution is -2.10. The third-order valence-corrected chi connectivity index (χ3v) is 4.48. The highest BCUT2D eigenvalue weighted by atomic mass is 35.5. The summed E-state index contributed by atoms with van der Waals surface area (Å²) in [6.45, 7) is 0.377. The molecule has 0 aliphatic rings. The van der Waals surface area contributed by atoms with E-state index in [9.17, 15) is 13.2 Å². The van der Waals surface area contributed by atoms with Crippen molar-refractivity contribution in [1.29, 1.82) is 0 Å². The van der Waals surface area contributed by atoms with Gasteiger partial charge in [-0.25, -0.2) is 4.98 Å². The third-order valence-electron chi connectivity index (χ3n) is 3.93. The van der Waals surface area contributed by atoms with Crippen LogP contribution in [-0.2, 0) is 19.3 Å². The van der Waals surface area contributed by atoms with E-state index in [4.69, 9.17) is 28.9 Å². The number of imidazole rings is 1. The number of hydrogen-bond acceptors (Lipinski definition) is 2. The van der Waals surface area contributed by atoms with Crippen molar-refractivity contribution in [3.8, 4) is 11.3 Å². The first-order chi connectivity index (χ1) is 12.3. The van der Waals surface area contributed by atoms with Gasteiger partial charge in [-0.05, 0) is 35.9 Å². The first-order valence-corrected chi connectivity index (χ1v) is 8.41. The summed E-state index contributed by atoms with van der Waals surface area (Å²) in [6.07, 6.45) is -2.84. The molecule has 0 aliphatic carbocycles. The van der Waals surface area contributed by atoms with Crippen molar-refractivity contribution in [3.63, 3.8) is 0 Å². The van der Waals surface area contributed by atoms with E-state index in [-0.39, 0.29) is 13.1 Å². The van der Waals surface area contributed by atoms with E-state index in [1.54, 1.807) is 35.2 Å². The fourth-order valence-electron chi connectivity index (χ4n) is 2.71. The van der Waals surface area contributed by atoms with Crippen molar-refractivity contribution < 1.29 is 13.2 Å². The van der Waals surface area contributed by atoms with Crippen LogP contribution >= 0.6 is 23.2 Å². The zero-order chi connectivity index (χ0) is 18.9. The zero-order valence-corrected chi connectivity index (χ0v) is 14.9. The number of nitrogens with two attached hydrogens (primary N) is 1. The Balaban J connectivity index is 1.97. The van der Waals surface area contributed by atoms with Crippen LogP contribution in [0.4, 0.5) is 13.2 Å². The fourth-order valence-corrected chi connectivity index (χ4v) is 3.21. The molecule has 0 amide bonds. The van der Waals surface area contributed by atoms with Crippen LogP contribution in [-0.4, -0.2) is 9.55 Å². The van der Waals surface area contributed by atoms with Gasteiger partial charge in [0.15, 0.2) is 0 Å². The first-order valence-electron chi connectivity index (χ1n) is 7.65. The van der Waals surface area contributed by atoms with Crippen molar-refractivity contribution in [2.75, 3.05) is 0 Å². The summed E-state index contributed by atoms with van der Waals surface area (Å²) in [5, 5.41) is 0.924. The summed E-state index contributed by atoms with van der Waals surface area (Å²) < 4.78 is 40.4. The van der Waals surface area contributed by atoms with Gasteiger partial charge in [-0.15, -0.1) is 0 Å². The molecule has 26 heavy (non-hydrogen) atoms. The largest absolute Gasteiger partial charge is 0.416 e. The fraction of sp³-hybridized carbons (Fsp3) is 0.167. The number of halogens is 5. The minimum Gasteiger partial charge on any atom is -0.328 e. The smallest absolute Gasteiger partial charge is 0.328 e. The topological polar surface area (TPSA) is 43.8 Å². The maximum atomic E-state index is 12.9.